The van der Waals surface area contributed by atoms with Crippen LogP contribution in [0.4, 0.5) is 4.39 Å². The van der Waals surface area contributed by atoms with Crippen LogP contribution in [-0.2, 0) is 6.42 Å². The van der Waals surface area contributed by atoms with E-state index in [0.29, 0.717) is 44.5 Å². The molecule has 0 aliphatic heterocycles. The fourth-order valence-corrected chi connectivity index (χ4v) is 3.58. The first kappa shape index (κ1) is 19.5. The van der Waals surface area contributed by atoms with E-state index in [4.69, 9.17) is 20.9 Å². The van der Waals surface area contributed by atoms with Crippen LogP contribution in [0.15, 0.2) is 41.1 Å². The van der Waals surface area contributed by atoms with Gasteiger partial charge in [0.1, 0.15) is 11.6 Å². The van der Waals surface area contributed by atoms with E-state index in [1.165, 1.54) is 6.07 Å². The lowest BCUT2D eigenvalue weighted by Crippen LogP contribution is -2.05. The van der Waals surface area contributed by atoms with Crippen molar-refractivity contribution in [3.63, 3.8) is 0 Å². The number of nitrogens with one attached hydrogen (secondary N) is 1. The Morgan fingerprint density at radius 2 is 2.07 bits per heavy atom. The van der Waals surface area contributed by atoms with Crippen molar-refractivity contribution < 1.29 is 13.7 Å². The van der Waals surface area contributed by atoms with Crippen LogP contribution in [0, 0.1) is 5.82 Å². The lowest BCUT2D eigenvalue weighted by molar-refractivity contribution is 0.242. The summed E-state index contributed by atoms with van der Waals surface area (Å²) in [5.41, 5.74) is 2.98. The Morgan fingerprint density at radius 3 is 2.79 bits per heavy atom. The second-order valence-electron chi connectivity index (χ2n) is 7.14. The van der Waals surface area contributed by atoms with Crippen LogP contribution < -0.4 is 4.74 Å². The van der Waals surface area contributed by atoms with Crippen LogP contribution in [0.3, 0.4) is 0 Å². The monoisotopic (exact) mass is 413 g/mol. The number of nitrogens with zero attached hydrogens (tertiary/aromatic N) is 2. The smallest absolute Gasteiger partial charge is 0.258 e. The van der Waals surface area contributed by atoms with Crippen molar-refractivity contribution in [1.82, 2.24) is 15.1 Å². The predicted octanol–water partition coefficient (Wildman–Crippen LogP) is 6.42. The van der Waals surface area contributed by atoms with Crippen molar-refractivity contribution >= 4 is 22.5 Å². The van der Waals surface area contributed by atoms with Gasteiger partial charge >= 0.3 is 0 Å². The van der Waals surface area contributed by atoms with Gasteiger partial charge in [0, 0.05) is 22.7 Å². The van der Waals surface area contributed by atoms with E-state index in [-0.39, 0.29) is 11.9 Å². The van der Waals surface area contributed by atoms with Crippen LogP contribution in [0.5, 0.6) is 5.75 Å². The first-order valence-corrected chi connectivity index (χ1v) is 9.94. The number of rotatable bonds is 6. The molecule has 2 heterocycles. The predicted molar refractivity (Wildman–Crippen MR) is 112 cm³/mol. The molecular formula is C22H21ClFN3O2. The minimum atomic E-state index is -0.260. The number of hydrogen-bond donors (Lipinski definition) is 1. The van der Waals surface area contributed by atoms with Gasteiger partial charge in [0.2, 0.25) is 5.82 Å². The molecule has 4 rings (SSSR count). The molecule has 0 atom stereocenters. The molecule has 2 aromatic heterocycles. The maximum atomic E-state index is 14.4. The molecule has 0 spiro atoms. The average Bonchev–Trinajstić information content (AvgIpc) is 3.32. The molecule has 150 valence electrons. The Morgan fingerprint density at radius 1 is 1.24 bits per heavy atom. The van der Waals surface area contributed by atoms with Crippen LogP contribution in [0.25, 0.3) is 33.7 Å². The molecule has 0 radical (unpaired) electrons. The first-order valence-electron chi connectivity index (χ1n) is 9.57. The largest absolute Gasteiger partial charge is 0.489 e. The minimum absolute atomic E-state index is 0.0210. The molecule has 5 nitrogen and oxygen atoms in total. The lowest BCUT2D eigenvalue weighted by Gasteiger charge is -2.11. The van der Waals surface area contributed by atoms with E-state index in [2.05, 4.69) is 22.0 Å². The molecule has 0 aliphatic rings. The molecule has 0 fully saturated rings. The Kier molecular flexibility index (Phi) is 5.28. The summed E-state index contributed by atoms with van der Waals surface area (Å²) < 4.78 is 25.5. The van der Waals surface area contributed by atoms with Gasteiger partial charge in [-0.25, -0.2) is 4.39 Å². The summed E-state index contributed by atoms with van der Waals surface area (Å²) in [5, 5.41) is 5.14. The summed E-state index contributed by atoms with van der Waals surface area (Å²) in [4.78, 5) is 7.66. The molecule has 0 unspecified atom stereocenters. The molecule has 29 heavy (non-hydrogen) atoms. The van der Waals surface area contributed by atoms with Crippen molar-refractivity contribution in [2.24, 2.45) is 0 Å². The van der Waals surface area contributed by atoms with Crippen LogP contribution in [-0.4, -0.2) is 21.2 Å². The van der Waals surface area contributed by atoms with Crippen molar-refractivity contribution in [3.05, 3.63) is 52.9 Å². The Balaban J connectivity index is 1.71. The van der Waals surface area contributed by atoms with Gasteiger partial charge in [0.05, 0.1) is 16.6 Å². The summed E-state index contributed by atoms with van der Waals surface area (Å²) in [6.07, 6.45) is 3.59. The molecular weight excluding hydrogens is 393 g/mol. The number of hydrogen-bond acceptors (Lipinski definition) is 4. The van der Waals surface area contributed by atoms with E-state index in [0.717, 1.165) is 18.4 Å². The summed E-state index contributed by atoms with van der Waals surface area (Å²) in [7, 11) is 0. The normalized spacial score (nSPS) is 11.5. The number of benzene rings is 2. The fraction of sp³-hybridized carbons (Fsp3) is 0.273. The number of halogens is 2. The molecule has 7 heteroatoms. The lowest BCUT2D eigenvalue weighted by atomic mass is 10.0. The van der Waals surface area contributed by atoms with Gasteiger partial charge in [-0.15, -0.1) is 0 Å². The van der Waals surface area contributed by atoms with Crippen LogP contribution >= 0.6 is 11.6 Å². The molecule has 0 saturated heterocycles. The molecule has 0 aliphatic carbocycles. The Bertz CT molecular complexity index is 1170. The number of H-pyrrole nitrogens is 1. The van der Waals surface area contributed by atoms with Gasteiger partial charge in [0.15, 0.2) is 0 Å². The Labute approximate surface area is 172 Å². The zero-order valence-corrected chi connectivity index (χ0v) is 17.2. The number of fused-ring (bicyclic) bond motifs is 1. The van der Waals surface area contributed by atoms with Crippen molar-refractivity contribution in [2.75, 3.05) is 0 Å². The summed E-state index contributed by atoms with van der Waals surface area (Å²) in [6.45, 7) is 5.93. The summed E-state index contributed by atoms with van der Waals surface area (Å²) in [5.74, 6) is 1.05. The van der Waals surface area contributed by atoms with Gasteiger partial charge < -0.3 is 14.2 Å². The quantitative estimate of drug-likeness (QED) is 0.396. The molecule has 1 N–H and O–H groups in total. The van der Waals surface area contributed by atoms with E-state index < -0.39 is 0 Å². The molecule has 4 aromatic rings. The number of aromatic nitrogens is 3. The van der Waals surface area contributed by atoms with Crippen molar-refractivity contribution in [1.29, 1.82) is 0 Å². The molecule has 0 amide bonds. The van der Waals surface area contributed by atoms with E-state index in [1.54, 1.807) is 18.2 Å². The molecule has 0 bridgehead atoms. The zero-order chi connectivity index (χ0) is 20.5. The van der Waals surface area contributed by atoms with Gasteiger partial charge in [-0.05, 0) is 56.2 Å². The SMILES string of the molecule is CCCc1c[nH]c2c(-c3noc(-c4ccc(OC(C)C)c(Cl)c4)n3)ccc(F)c12. The maximum absolute atomic E-state index is 14.4. The highest BCUT2D eigenvalue weighted by Gasteiger charge is 2.18. The maximum Gasteiger partial charge on any atom is 0.258 e. The third-order valence-corrected chi connectivity index (χ3v) is 4.89. The van der Waals surface area contributed by atoms with Crippen molar-refractivity contribution in [3.8, 4) is 28.6 Å². The van der Waals surface area contributed by atoms with E-state index >= 15 is 0 Å². The third-order valence-electron chi connectivity index (χ3n) is 4.59. The van der Waals surface area contributed by atoms with Crippen LogP contribution in [0.2, 0.25) is 5.02 Å². The highest BCUT2D eigenvalue weighted by atomic mass is 35.5. The number of ether oxygens (including phenoxy) is 1. The van der Waals surface area contributed by atoms with Gasteiger partial charge in [0.25, 0.3) is 5.89 Å². The highest BCUT2D eigenvalue weighted by molar-refractivity contribution is 6.32. The Hall–Kier alpha value is -2.86. The van der Waals surface area contributed by atoms with Gasteiger partial charge in [-0.1, -0.05) is 30.1 Å². The molecule has 0 saturated carbocycles. The van der Waals surface area contributed by atoms with Crippen LogP contribution in [0.1, 0.15) is 32.8 Å². The zero-order valence-electron chi connectivity index (χ0n) is 16.4. The fourth-order valence-electron chi connectivity index (χ4n) is 3.36. The highest BCUT2D eigenvalue weighted by Crippen LogP contribution is 2.34. The van der Waals surface area contributed by atoms with E-state index in [1.807, 2.05) is 26.1 Å². The van der Waals surface area contributed by atoms with Gasteiger partial charge in [-0.2, -0.15) is 4.98 Å². The topological polar surface area (TPSA) is 63.9 Å². The van der Waals surface area contributed by atoms with Gasteiger partial charge in [-0.3, -0.25) is 0 Å². The summed E-state index contributed by atoms with van der Waals surface area (Å²) >= 11 is 6.31. The standard InChI is InChI=1S/C22H21ClFN3O2/c1-4-5-14-11-25-20-15(7-8-17(24)19(14)20)21-26-22(29-27-21)13-6-9-18(16(23)10-13)28-12(2)3/h6-12,25H,4-5H2,1-3H3. The first-order chi connectivity index (χ1) is 14.0. The second kappa shape index (κ2) is 7.87. The van der Waals surface area contributed by atoms with Crippen molar-refractivity contribution in [2.45, 2.75) is 39.7 Å². The summed E-state index contributed by atoms with van der Waals surface area (Å²) in [6, 6.07) is 8.42. The number of aromatic amines is 1. The molecule has 2 aromatic carbocycles. The average molecular weight is 414 g/mol. The van der Waals surface area contributed by atoms with E-state index in [9.17, 15) is 4.39 Å². The third kappa shape index (κ3) is 3.72. The minimum Gasteiger partial charge on any atom is -0.489 e. The second-order valence-corrected chi connectivity index (χ2v) is 7.55. The number of aryl methyl sites for hydroxylation is 1.